The van der Waals surface area contributed by atoms with Gasteiger partial charge in [-0.2, -0.15) is 5.26 Å². The first kappa shape index (κ1) is 9.22. The van der Waals surface area contributed by atoms with E-state index in [0.29, 0.717) is 5.56 Å². The maximum Gasteiger partial charge on any atom is 0.265 e. The lowest BCUT2D eigenvalue weighted by Crippen LogP contribution is -2.18. The number of amides is 1. The number of nitrogens with zero attached hydrogens (tertiary/aromatic N) is 1. The van der Waals surface area contributed by atoms with Gasteiger partial charge < -0.3 is 0 Å². The predicted molar refractivity (Wildman–Crippen MR) is 54.0 cm³/mol. The molecule has 4 heteroatoms. The highest BCUT2D eigenvalue weighted by atomic mass is 32.1. The summed E-state index contributed by atoms with van der Waals surface area (Å²) in [5.41, 5.74) is 1.86. The minimum atomic E-state index is -0.258. The molecule has 2 rings (SSSR count). The number of nitrogens with one attached hydrogen (secondary N) is 1. The van der Waals surface area contributed by atoms with E-state index in [4.69, 9.17) is 5.26 Å². The molecule has 0 spiro atoms. The molecule has 0 fully saturated rings. The molecular formula is C10H10N2OS. The summed E-state index contributed by atoms with van der Waals surface area (Å²) in [5.74, 6) is -0.258. The molecule has 72 valence electrons. The molecule has 0 unspecified atom stereocenters. The molecular weight excluding hydrogens is 196 g/mol. The lowest BCUT2D eigenvalue weighted by molar-refractivity contribution is 0.0972. The third-order valence-electron chi connectivity index (χ3n) is 2.48. The number of fused-ring (bicyclic) bond motifs is 1. The minimum Gasteiger partial charge on any atom is -0.268 e. The number of aryl methyl sites for hydroxylation is 1. The third-order valence-corrected chi connectivity index (χ3v) is 3.56. The summed E-state index contributed by atoms with van der Waals surface area (Å²) in [6.45, 7) is 0. The fourth-order valence-corrected chi connectivity index (χ4v) is 2.93. The van der Waals surface area contributed by atoms with Crippen LogP contribution >= 0.6 is 11.3 Å². The molecule has 0 aromatic carbocycles. The largest absolute Gasteiger partial charge is 0.268 e. The van der Waals surface area contributed by atoms with Gasteiger partial charge in [0.05, 0.1) is 5.56 Å². The second-order valence-corrected chi connectivity index (χ2v) is 4.29. The van der Waals surface area contributed by atoms with E-state index in [2.05, 4.69) is 5.32 Å². The Labute approximate surface area is 86.4 Å². The zero-order valence-corrected chi connectivity index (χ0v) is 8.49. The second kappa shape index (κ2) is 3.81. The van der Waals surface area contributed by atoms with Crippen LogP contribution in [0.3, 0.4) is 0 Å². The van der Waals surface area contributed by atoms with Crippen LogP contribution in [0.25, 0.3) is 0 Å². The molecule has 1 heterocycles. The van der Waals surface area contributed by atoms with Crippen molar-refractivity contribution in [3.8, 4) is 6.19 Å². The molecule has 0 radical (unpaired) electrons. The van der Waals surface area contributed by atoms with Gasteiger partial charge in [-0.1, -0.05) is 0 Å². The van der Waals surface area contributed by atoms with Gasteiger partial charge in [-0.3, -0.25) is 10.1 Å². The molecule has 0 bridgehead atoms. The number of carbonyl (C=O) groups is 1. The highest BCUT2D eigenvalue weighted by Crippen LogP contribution is 2.29. The Hall–Kier alpha value is -1.34. The molecule has 14 heavy (non-hydrogen) atoms. The first-order chi connectivity index (χ1) is 6.83. The van der Waals surface area contributed by atoms with Crippen molar-refractivity contribution in [2.24, 2.45) is 0 Å². The van der Waals surface area contributed by atoms with Crippen LogP contribution in [-0.4, -0.2) is 5.91 Å². The lowest BCUT2D eigenvalue weighted by atomic mass is 9.96. The number of rotatable bonds is 1. The first-order valence-corrected chi connectivity index (χ1v) is 5.49. The Bertz CT molecular complexity index is 403. The highest BCUT2D eigenvalue weighted by molar-refractivity contribution is 7.10. The van der Waals surface area contributed by atoms with Crippen molar-refractivity contribution in [2.75, 3.05) is 0 Å². The molecule has 0 saturated carbocycles. The van der Waals surface area contributed by atoms with Gasteiger partial charge in [-0.15, -0.1) is 11.3 Å². The average Bonchev–Trinajstić information content (AvgIpc) is 2.61. The van der Waals surface area contributed by atoms with E-state index in [1.54, 1.807) is 17.5 Å². The number of nitriles is 1. The molecule has 0 aliphatic heterocycles. The van der Waals surface area contributed by atoms with Gasteiger partial charge in [0.25, 0.3) is 5.91 Å². The third kappa shape index (κ3) is 1.51. The van der Waals surface area contributed by atoms with Crippen molar-refractivity contribution < 1.29 is 4.79 Å². The number of hydrogen-bond acceptors (Lipinski definition) is 3. The van der Waals surface area contributed by atoms with Crippen molar-refractivity contribution >= 4 is 17.2 Å². The second-order valence-electron chi connectivity index (χ2n) is 3.32. The predicted octanol–water partition coefficient (Wildman–Crippen LogP) is 1.84. The maximum absolute atomic E-state index is 11.5. The molecule has 0 atom stereocenters. The first-order valence-electron chi connectivity index (χ1n) is 4.61. The Morgan fingerprint density at radius 3 is 3.07 bits per heavy atom. The fourth-order valence-electron chi connectivity index (χ4n) is 1.80. The minimum absolute atomic E-state index is 0.258. The summed E-state index contributed by atoms with van der Waals surface area (Å²) in [6, 6.07) is 0. The van der Waals surface area contributed by atoms with E-state index >= 15 is 0 Å². The lowest BCUT2D eigenvalue weighted by Gasteiger charge is -2.11. The molecule has 1 aliphatic carbocycles. The van der Waals surface area contributed by atoms with E-state index < -0.39 is 0 Å². The van der Waals surface area contributed by atoms with Gasteiger partial charge in [0.15, 0.2) is 6.19 Å². The van der Waals surface area contributed by atoms with Crippen molar-refractivity contribution in [3.05, 3.63) is 21.4 Å². The standard InChI is InChI=1S/C10H10N2OS/c11-6-12-10(13)8-5-14-9-4-2-1-3-7(8)9/h5H,1-4H2,(H,12,13). The van der Waals surface area contributed by atoms with Gasteiger partial charge in [-0.25, -0.2) is 0 Å². The van der Waals surface area contributed by atoms with Crippen molar-refractivity contribution in [3.63, 3.8) is 0 Å². The summed E-state index contributed by atoms with van der Waals surface area (Å²) in [7, 11) is 0. The molecule has 1 aromatic rings. The van der Waals surface area contributed by atoms with Crippen LogP contribution in [0.1, 0.15) is 33.6 Å². The molecule has 1 aliphatic rings. The van der Waals surface area contributed by atoms with Crippen LogP contribution in [0.5, 0.6) is 0 Å². The Kier molecular flexibility index (Phi) is 2.51. The zero-order valence-electron chi connectivity index (χ0n) is 7.67. The van der Waals surface area contributed by atoms with Crippen LogP contribution in [-0.2, 0) is 12.8 Å². The SMILES string of the molecule is N#CNC(=O)c1csc2c1CCCC2. The summed E-state index contributed by atoms with van der Waals surface area (Å²) in [6.07, 6.45) is 6.09. The van der Waals surface area contributed by atoms with Gasteiger partial charge in [0, 0.05) is 10.3 Å². The molecule has 1 aromatic heterocycles. The molecule has 0 saturated heterocycles. The van der Waals surface area contributed by atoms with Crippen molar-refractivity contribution in [1.29, 1.82) is 5.26 Å². The van der Waals surface area contributed by atoms with Crippen molar-refractivity contribution in [1.82, 2.24) is 5.32 Å². The van der Waals surface area contributed by atoms with Gasteiger partial charge in [0.1, 0.15) is 0 Å². The average molecular weight is 206 g/mol. The van der Waals surface area contributed by atoms with Crippen LogP contribution in [0.2, 0.25) is 0 Å². The van der Waals surface area contributed by atoms with Crippen LogP contribution < -0.4 is 5.32 Å². The quantitative estimate of drug-likeness (QED) is 0.563. The topological polar surface area (TPSA) is 52.9 Å². The molecule has 1 amide bonds. The Balaban J connectivity index is 2.31. The van der Waals surface area contributed by atoms with Crippen LogP contribution in [0.4, 0.5) is 0 Å². The number of hydrogen-bond donors (Lipinski definition) is 1. The summed E-state index contributed by atoms with van der Waals surface area (Å²) < 4.78 is 0. The van der Waals surface area contributed by atoms with Gasteiger partial charge in [0.2, 0.25) is 0 Å². The summed E-state index contributed by atoms with van der Waals surface area (Å²) in [5, 5.41) is 12.4. The van der Waals surface area contributed by atoms with Gasteiger partial charge in [-0.05, 0) is 31.2 Å². The van der Waals surface area contributed by atoms with Gasteiger partial charge >= 0.3 is 0 Å². The fraction of sp³-hybridized carbons (Fsp3) is 0.400. The normalized spacial score (nSPS) is 14.2. The number of thiophene rings is 1. The van der Waals surface area contributed by atoms with Crippen LogP contribution in [0.15, 0.2) is 5.38 Å². The van der Waals surface area contributed by atoms with Crippen molar-refractivity contribution in [2.45, 2.75) is 25.7 Å². The van der Waals surface area contributed by atoms with E-state index in [9.17, 15) is 4.79 Å². The molecule has 1 N–H and O–H groups in total. The Morgan fingerprint density at radius 1 is 1.50 bits per heavy atom. The smallest absolute Gasteiger partial charge is 0.265 e. The monoisotopic (exact) mass is 206 g/mol. The zero-order chi connectivity index (χ0) is 9.97. The maximum atomic E-state index is 11.5. The van der Waals surface area contributed by atoms with E-state index in [-0.39, 0.29) is 5.91 Å². The molecule has 3 nitrogen and oxygen atoms in total. The van der Waals surface area contributed by atoms with Crippen LogP contribution in [0, 0.1) is 11.5 Å². The highest BCUT2D eigenvalue weighted by Gasteiger charge is 2.19. The van der Waals surface area contributed by atoms with E-state index in [1.807, 2.05) is 5.38 Å². The summed E-state index contributed by atoms with van der Waals surface area (Å²) >= 11 is 1.64. The summed E-state index contributed by atoms with van der Waals surface area (Å²) in [4.78, 5) is 12.8. The van der Waals surface area contributed by atoms with E-state index in [1.165, 1.54) is 11.3 Å². The number of carbonyl (C=O) groups excluding carboxylic acids is 1. The Morgan fingerprint density at radius 2 is 2.29 bits per heavy atom. The van der Waals surface area contributed by atoms with E-state index in [0.717, 1.165) is 24.8 Å².